The molecule has 0 unspecified atom stereocenters. The lowest BCUT2D eigenvalue weighted by Crippen LogP contribution is -2.58. The molecule has 3 aliphatic rings. The Labute approximate surface area is 222 Å². The normalized spacial score (nSPS) is 21.8. The Hall–Kier alpha value is -2.65. The summed E-state index contributed by atoms with van der Waals surface area (Å²) >= 11 is 0. The molecule has 9 heteroatoms. The molecule has 0 N–H and O–H groups in total. The Morgan fingerprint density at radius 3 is 2.46 bits per heavy atom. The molecular weight excluding hydrogens is 488 g/mol. The molecule has 3 heterocycles. The molecule has 2 fully saturated rings. The van der Waals surface area contributed by atoms with Gasteiger partial charge in [0.1, 0.15) is 18.9 Å². The van der Waals surface area contributed by atoms with Crippen LogP contribution >= 0.6 is 0 Å². The van der Waals surface area contributed by atoms with E-state index >= 15 is 0 Å². The van der Waals surface area contributed by atoms with Gasteiger partial charge in [-0.25, -0.2) is 9.59 Å². The highest BCUT2D eigenvalue weighted by molar-refractivity contribution is 6.71. The summed E-state index contributed by atoms with van der Waals surface area (Å²) < 4.78 is 16.7. The number of carbonyl (C=O) groups excluding carboxylic acids is 3. The van der Waals surface area contributed by atoms with Crippen LogP contribution in [-0.4, -0.2) is 75.0 Å². The standard InChI is InChI=1S/C28H42N2O6Si/c1-7-10-15-37(5,6)36-14-11-22-24-17-23(25(30(24)26(22)31)27(32)34-12-8-2)20(4)16-21-18-29(19-21)28(33)35-13-9-3/h8-9,16,21-22,24H,2-3,7,10-15,17-19H2,1,4-6H3/t22-,24+/m0/s1. The summed E-state index contributed by atoms with van der Waals surface area (Å²) in [6.07, 6.45) is 8.40. The molecule has 0 saturated carbocycles. The zero-order chi connectivity index (χ0) is 27.2. The van der Waals surface area contributed by atoms with E-state index in [1.54, 1.807) is 15.9 Å². The Morgan fingerprint density at radius 1 is 1.14 bits per heavy atom. The summed E-state index contributed by atoms with van der Waals surface area (Å²) in [5, 5.41) is 0. The molecule has 0 aliphatic carbocycles. The van der Waals surface area contributed by atoms with Crippen LogP contribution in [0.25, 0.3) is 0 Å². The van der Waals surface area contributed by atoms with Gasteiger partial charge < -0.3 is 23.7 Å². The van der Waals surface area contributed by atoms with E-state index in [1.165, 1.54) is 12.5 Å². The minimum absolute atomic E-state index is 0.0326. The topological polar surface area (TPSA) is 85.4 Å². The highest BCUT2D eigenvalue weighted by Gasteiger charge is 2.55. The van der Waals surface area contributed by atoms with Crippen LogP contribution in [0.4, 0.5) is 4.79 Å². The first-order valence-electron chi connectivity index (χ1n) is 13.3. The molecule has 0 spiro atoms. The van der Waals surface area contributed by atoms with Gasteiger partial charge >= 0.3 is 12.1 Å². The van der Waals surface area contributed by atoms with Gasteiger partial charge in [0, 0.05) is 25.6 Å². The highest BCUT2D eigenvalue weighted by atomic mass is 28.4. The van der Waals surface area contributed by atoms with Gasteiger partial charge in [0.25, 0.3) is 0 Å². The molecule has 3 aliphatic heterocycles. The van der Waals surface area contributed by atoms with E-state index in [0.717, 1.165) is 23.6 Å². The fourth-order valence-corrected chi connectivity index (χ4v) is 7.25. The maximum Gasteiger partial charge on any atom is 0.410 e. The number of ether oxygens (including phenoxy) is 2. The molecule has 204 valence electrons. The predicted octanol–water partition coefficient (Wildman–Crippen LogP) is 4.81. The van der Waals surface area contributed by atoms with Gasteiger partial charge in [0.15, 0.2) is 8.32 Å². The summed E-state index contributed by atoms with van der Waals surface area (Å²) in [6, 6.07) is 1.07. The van der Waals surface area contributed by atoms with Crippen molar-refractivity contribution >= 4 is 26.3 Å². The van der Waals surface area contributed by atoms with Gasteiger partial charge in [-0.3, -0.25) is 4.79 Å². The molecule has 0 bridgehead atoms. The second-order valence-corrected chi connectivity index (χ2v) is 15.0. The van der Waals surface area contributed by atoms with E-state index in [1.807, 2.05) is 6.92 Å². The van der Waals surface area contributed by atoms with E-state index < -0.39 is 14.3 Å². The summed E-state index contributed by atoms with van der Waals surface area (Å²) in [6.45, 7) is 17.7. The van der Waals surface area contributed by atoms with Crippen LogP contribution in [0.1, 0.15) is 39.5 Å². The van der Waals surface area contributed by atoms with Crippen molar-refractivity contribution in [3.8, 4) is 0 Å². The molecule has 37 heavy (non-hydrogen) atoms. The van der Waals surface area contributed by atoms with Crippen LogP contribution in [0.5, 0.6) is 0 Å². The number of carbonyl (C=O) groups is 3. The molecule has 0 aromatic carbocycles. The lowest BCUT2D eigenvalue weighted by molar-refractivity contribution is -0.157. The van der Waals surface area contributed by atoms with Gasteiger partial charge in [0.2, 0.25) is 5.91 Å². The van der Waals surface area contributed by atoms with E-state index in [-0.39, 0.29) is 43.1 Å². The summed E-state index contributed by atoms with van der Waals surface area (Å²) in [4.78, 5) is 41.4. The number of β-lactam (4-membered cyclic amide) rings is 1. The maximum atomic E-state index is 13.2. The van der Waals surface area contributed by atoms with Crippen LogP contribution < -0.4 is 0 Å². The second kappa shape index (κ2) is 12.7. The third-order valence-electron chi connectivity index (χ3n) is 7.32. The van der Waals surface area contributed by atoms with Gasteiger partial charge in [-0.2, -0.15) is 0 Å². The van der Waals surface area contributed by atoms with Crippen molar-refractivity contribution in [3.05, 3.63) is 48.2 Å². The van der Waals surface area contributed by atoms with E-state index in [0.29, 0.717) is 38.2 Å². The van der Waals surface area contributed by atoms with Crippen LogP contribution in [-0.2, 0) is 23.5 Å². The number of likely N-dealkylation sites (tertiary alicyclic amines) is 1. The molecule has 2 saturated heterocycles. The van der Waals surface area contributed by atoms with Gasteiger partial charge in [-0.05, 0) is 50.0 Å². The van der Waals surface area contributed by atoms with Gasteiger partial charge in [-0.15, -0.1) is 0 Å². The first-order chi connectivity index (χ1) is 17.6. The van der Waals surface area contributed by atoms with Crippen molar-refractivity contribution in [2.75, 3.05) is 32.9 Å². The van der Waals surface area contributed by atoms with Gasteiger partial charge in [-0.1, -0.05) is 51.2 Å². The Morgan fingerprint density at radius 2 is 1.81 bits per heavy atom. The number of esters is 1. The Kier molecular flexibility index (Phi) is 9.95. The molecule has 8 nitrogen and oxygen atoms in total. The number of nitrogens with zero attached hydrogens (tertiary/aromatic N) is 2. The van der Waals surface area contributed by atoms with Crippen LogP contribution in [0, 0.1) is 11.8 Å². The molecular formula is C28H42N2O6Si. The zero-order valence-corrected chi connectivity index (χ0v) is 23.8. The van der Waals surface area contributed by atoms with Crippen LogP contribution in [0.2, 0.25) is 19.1 Å². The smallest absolute Gasteiger partial charge is 0.410 e. The molecule has 2 amide bonds. The van der Waals surface area contributed by atoms with E-state index in [9.17, 15) is 14.4 Å². The third-order valence-corrected chi connectivity index (χ3v) is 9.87. The number of hydrogen-bond acceptors (Lipinski definition) is 6. The van der Waals surface area contributed by atoms with Crippen molar-refractivity contribution in [1.82, 2.24) is 9.80 Å². The minimum Gasteiger partial charge on any atom is -0.457 e. The van der Waals surface area contributed by atoms with Gasteiger partial charge in [0.05, 0.1) is 12.0 Å². The largest absolute Gasteiger partial charge is 0.457 e. The minimum atomic E-state index is -1.72. The highest BCUT2D eigenvalue weighted by Crippen LogP contribution is 2.46. The van der Waals surface area contributed by atoms with Crippen molar-refractivity contribution in [2.45, 2.75) is 64.7 Å². The average Bonchev–Trinajstić information content (AvgIpc) is 3.20. The number of fused-ring (bicyclic) bond motifs is 1. The number of allylic oxidation sites excluding steroid dienone is 1. The van der Waals surface area contributed by atoms with Crippen molar-refractivity contribution < 1.29 is 28.3 Å². The molecule has 3 rings (SSSR count). The summed E-state index contributed by atoms with van der Waals surface area (Å²) in [7, 11) is -1.72. The SMILES string of the molecule is C=CCOC(=O)C1=C(C(C)=CC2CN(C(=O)OCC=C)C2)C[C@@H]2[C@H](CCO[Si](C)(C)CCCC)C(=O)N12. The Bertz CT molecular complexity index is 966. The lowest BCUT2D eigenvalue weighted by Gasteiger charge is -2.43. The first kappa shape index (κ1) is 28.9. The fraction of sp³-hybridized carbons (Fsp3) is 0.607. The fourth-order valence-electron chi connectivity index (χ4n) is 5.23. The van der Waals surface area contributed by atoms with Crippen molar-refractivity contribution in [3.63, 3.8) is 0 Å². The molecule has 0 aromatic rings. The third kappa shape index (κ3) is 6.81. The van der Waals surface area contributed by atoms with E-state index in [4.69, 9.17) is 13.9 Å². The number of hydrogen-bond donors (Lipinski definition) is 0. The van der Waals surface area contributed by atoms with Crippen molar-refractivity contribution in [2.24, 2.45) is 11.8 Å². The van der Waals surface area contributed by atoms with Crippen molar-refractivity contribution in [1.29, 1.82) is 0 Å². The first-order valence-corrected chi connectivity index (χ1v) is 16.4. The summed E-state index contributed by atoms with van der Waals surface area (Å²) in [5.74, 6) is -0.515. The van der Waals surface area contributed by atoms with Crippen LogP contribution in [0.15, 0.2) is 48.2 Å². The number of unbranched alkanes of at least 4 members (excludes halogenated alkanes) is 1. The summed E-state index contributed by atoms with van der Waals surface area (Å²) in [5.41, 5.74) is 2.14. The quantitative estimate of drug-likeness (QED) is 0.139. The predicted molar refractivity (Wildman–Crippen MR) is 145 cm³/mol. The number of rotatable bonds is 14. The second-order valence-electron chi connectivity index (χ2n) is 10.7. The average molecular weight is 531 g/mol. The monoisotopic (exact) mass is 530 g/mol. The lowest BCUT2D eigenvalue weighted by atomic mass is 9.83. The molecule has 0 radical (unpaired) electrons. The van der Waals surface area contributed by atoms with E-state index in [2.05, 4.69) is 39.3 Å². The Balaban J connectivity index is 1.66. The maximum absolute atomic E-state index is 13.2. The molecule has 0 aromatic heterocycles. The van der Waals surface area contributed by atoms with Crippen LogP contribution in [0.3, 0.4) is 0 Å². The number of amides is 2. The molecule has 2 atom stereocenters. The zero-order valence-electron chi connectivity index (χ0n) is 22.8.